The number of rotatable bonds is 10. The van der Waals surface area contributed by atoms with Crippen molar-refractivity contribution >= 4 is 56.8 Å². The first-order valence-electron chi connectivity index (χ1n) is 15.4. The summed E-state index contributed by atoms with van der Waals surface area (Å²) in [4.78, 5) is 42.9. The average molecular weight is 754 g/mol. The first-order valence-corrected chi connectivity index (χ1v) is 17.8. The molecule has 0 spiro atoms. The maximum atomic E-state index is 14.5. The number of benzene rings is 2. The molecule has 3 amide bonds. The number of likely N-dealkylation sites (N-methyl/N-ethyl adjacent to an activating group) is 1. The summed E-state index contributed by atoms with van der Waals surface area (Å²) in [5, 5.41) is 9.74. The maximum absolute atomic E-state index is 14.5. The van der Waals surface area contributed by atoms with Crippen LogP contribution in [-0.2, 0) is 27.3 Å². The number of amides is 3. The van der Waals surface area contributed by atoms with Gasteiger partial charge in [-0.3, -0.25) is 9.69 Å². The molecular weight excluding hydrogens is 712 g/mol. The van der Waals surface area contributed by atoms with Gasteiger partial charge in [0.05, 0.1) is 21.9 Å². The summed E-state index contributed by atoms with van der Waals surface area (Å²) in [6.45, 7) is 6.70. The molecule has 2 aromatic rings. The van der Waals surface area contributed by atoms with E-state index in [2.05, 4.69) is 0 Å². The quantitative estimate of drug-likeness (QED) is 0.278. The van der Waals surface area contributed by atoms with Crippen molar-refractivity contribution in [3.8, 4) is 0 Å². The number of sulfone groups is 1. The molecule has 0 unspecified atom stereocenters. The van der Waals surface area contributed by atoms with Crippen LogP contribution >= 0.6 is 23.2 Å². The van der Waals surface area contributed by atoms with Gasteiger partial charge >= 0.3 is 18.4 Å². The van der Waals surface area contributed by atoms with Gasteiger partial charge in [-0.2, -0.15) is 13.2 Å². The Morgan fingerprint density at radius 1 is 1.06 bits per heavy atom. The highest BCUT2D eigenvalue weighted by molar-refractivity contribution is 7.91. The van der Waals surface area contributed by atoms with Crippen LogP contribution in [0.3, 0.4) is 0 Å². The number of halogens is 5. The summed E-state index contributed by atoms with van der Waals surface area (Å²) in [5.74, 6) is -1.23. The Morgan fingerprint density at radius 2 is 1.71 bits per heavy atom. The van der Waals surface area contributed by atoms with Crippen molar-refractivity contribution in [3.63, 3.8) is 0 Å². The number of alkyl halides is 3. The number of ether oxygens (including phenoxy) is 1. The molecule has 11 nitrogen and oxygen atoms in total. The Labute approximate surface area is 294 Å². The molecular formula is C32H41Cl2F3N4O7S. The van der Waals surface area contributed by atoms with Gasteiger partial charge in [0.15, 0.2) is 9.84 Å². The van der Waals surface area contributed by atoms with Gasteiger partial charge in [0, 0.05) is 61.9 Å². The smallest absolute Gasteiger partial charge is 0.416 e. The Balaban J connectivity index is 1.87. The molecule has 49 heavy (non-hydrogen) atoms. The molecule has 1 saturated heterocycles. The SMILES string of the molecule is CCS(=O)(=O)c1ccc(Cl)cc1N(C)C(=O)c1cc(Cl)c(CN2CCC[C@H](N(CCN(C)C(=O)OC(C)(C)C)C(=O)O)C2)c(C(F)(F)F)c1. The fourth-order valence-corrected chi connectivity index (χ4v) is 6.97. The first kappa shape index (κ1) is 40.2. The van der Waals surface area contributed by atoms with Gasteiger partial charge in [-0.1, -0.05) is 30.1 Å². The highest BCUT2D eigenvalue weighted by Crippen LogP contribution is 2.38. The third-order valence-electron chi connectivity index (χ3n) is 7.98. The number of anilines is 1. The predicted molar refractivity (Wildman–Crippen MR) is 180 cm³/mol. The van der Waals surface area contributed by atoms with Crippen LogP contribution in [0.2, 0.25) is 10.0 Å². The van der Waals surface area contributed by atoms with Crippen LogP contribution in [-0.4, -0.2) is 104 Å². The summed E-state index contributed by atoms with van der Waals surface area (Å²) in [7, 11) is -1.12. The topological polar surface area (TPSA) is 128 Å². The van der Waals surface area contributed by atoms with Gasteiger partial charge in [-0.15, -0.1) is 0 Å². The van der Waals surface area contributed by atoms with Crippen LogP contribution in [0.1, 0.15) is 62.0 Å². The van der Waals surface area contributed by atoms with Crippen LogP contribution in [0.5, 0.6) is 0 Å². The Morgan fingerprint density at radius 3 is 2.29 bits per heavy atom. The molecule has 1 N–H and O–H groups in total. The molecule has 1 fully saturated rings. The Bertz CT molecular complexity index is 1670. The van der Waals surface area contributed by atoms with Crippen molar-refractivity contribution in [3.05, 3.63) is 57.1 Å². The van der Waals surface area contributed by atoms with Crippen molar-refractivity contribution in [2.45, 2.75) is 69.8 Å². The molecule has 0 aliphatic carbocycles. The average Bonchev–Trinajstić information content (AvgIpc) is 2.99. The van der Waals surface area contributed by atoms with Gasteiger partial charge in [-0.05, 0) is 76.1 Å². The zero-order valence-corrected chi connectivity index (χ0v) is 30.4. The zero-order valence-electron chi connectivity index (χ0n) is 28.1. The fourth-order valence-electron chi connectivity index (χ4n) is 5.42. The summed E-state index contributed by atoms with van der Waals surface area (Å²) >= 11 is 12.5. The standard InChI is InChI=1S/C32H41Cl2F3N4O7S/c1-7-49(46,47)27-11-10-21(33)17-26(27)39(6)28(42)20-15-24(32(35,36)37)23(25(34)16-20)19-40-12-8-9-22(18-40)41(29(43)44)14-13-38(5)30(45)48-31(2,3)4/h10-11,15-17,22H,7-9,12-14,18-19H2,1-6H3,(H,43,44)/t22-/m0/s1. The van der Waals surface area contributed by atoms with E-state index < -0.39 is 56.9 Å². The van der Waals surface area contributed by atoms with E-state index in [1.54, 1.807) is 25.7 Å². The second-order valence-corrected chi connectivity index (χ2v) is 15.9. The van der Waals surface area contributed by atoms with Crippen LogP contribution in [0, 0.1) is 0 Å². The number of carboxylic acid groups (broad SMARTS) is 1. The molecule has 0 saturated carbocycles. The lowest BCUT2D eigenvalue weighted by Crippen LogP contribution is -2.52. The normalized spacial score (nSPS) is 15.9. The van der Waals surface area contributed by atoms with E-state index in [1.165, 1.54) is 49.0 Å². The summed E-state index contributed by atoms with van der Waals surface area (Å²) in [6, 6.07) is 5.01. The highest BCUT2D eigenvalue weighted by atomic mass is 35.5. The highest BCUT2D eigenvalue weighted by Gasteiger charge is 2.38. The van der Waals surface area contributed by atoms with E-state index in [4.69, 9.17) is 27.9 Å². The lowest BCUT2D eigenvalue weighted by molar-refractivity contribution is -0.138. The van der Waals surface area contributed by atoms with Crippen LogP contribution in [0.15, 0.2) is 35.2 Å². The molecule has 0 aromatic heterocycles. The number of hydrogen-bond donors (Lipinski definition) is 1. The molecule has 0 radical (unpaired) electrons. The predicted octanol–water partition coefficient (Wildman–Crippen LogP) is 6.89. The van der Waals surface area contributed by atoms with Gasteiger partial charge in [0.25, 0.3) is 5.91 Å². The van der Waals surface area contributed by atoms with Crippen molar-refractivity contribution in [1.82, 2.24) is 14.7 Å². The van der Waals surface area contributed by atoms with Crippen LogP contribution in [0.25, 0.3) is 0 Å². The second-order valence-electron chi connectivity index (χ2n) is 12.8. The maximum Gasteiger partial charge on any atom is 0.416 e. The molecule has 1 heterocycles. The monoisotopic (exact) mass is 752 g/mol. The molecule has 1 atom stereocenters. The largest absolute Gasteiger partial charge is 0.465 e. The zero-order chi connectivity index (χ0) is 37.1. The summed E-state index contributed by atoms with van der Waals surface area (Å²) in [6.07, 6.45) is -5.84. The van der Waals surface area contributed by atoms with Crippen molar-refractivity contribution < 1.29 is 45.8 Å². The lowest BCUT2D eigenvalue weighted by Gasteiger charge is -2.39. The van der Waals surface area contributed by atoms with Gasteiger partial charge in [-0.25, -0.2) is 18.0 Å². The minimum Gasteiger partial charge on any atom is -0.465 e. The molecule has 3 rings (SSSR count). The van der Waals surface area contributed by atoms with Gasteiger partial charge in [0.2, 0.25) is 0 Å². The van der Waals surface area contributed by atoms with E-state index in [0.29, 0.717) is 25.5 Å². The molecule has 0 bridgehead atoms. The molecule has 1 aliphatic heterocycles. The second kappa shape index (κ2) is 15.7. The lowest BCUT2D eigenvalue weighted by atomic mass is 9.99. The Hall–Kier alpha value is -3.27. The fraction of sp³-hybridized carbons (Fsp3) is 0.531. The van der Waals surface area contributed by atoms with Crippen molar-refractivity contribution in [1.29, 1.82) is 0 Å². The van der Waals surface area contributed by atoms with Crippen molar-refractivity contribution in [2.75, 3.05) is 50.9 Å². The first-order chi connectivity index (χ1) is 22.6. The van der Waals surface area contributed by atoms with Gasteiger partial charge < -0.3 is 24.5 Å². The van der Waals surface area contributed by atoms with Gasteiger partial charge in [0.1, 0.15) is 5.60 Å². The number of piperidine rings is 1. The van der Waals surface area contributed by atoms with Crippen LogP contribution in [0.4, 0.5) is 28.4 Å². The van der Waals surface area contributed by atoms with E-state index in [9.17, 15) is 41.1 Å². The molecule has 1 aliphatic rings. The number of nitrogens with zero attached hydrogens (tertiary/aromatic N) is 4. The van der Waals surface area contributed by atoms with E-state index >= 15 is 0 Å². The third-order valence-corrected chi connectivity index (χ3v) is 10.3. The van der Waals surface area contributed by atoms with Crippen LogP contribution < -0.4 is 4.90 Å². The number of likely N-dealkylation sites (tertiary alicyclic amines) is 1. The molecule has 2 aromatic carbocycles. The van der Waals surface area contributed by atoms with Crippen molar-refractivity contribution in [2.24, 2.45) is 0 Å². The number of hydrogen-bond acceptors (Lipinski definition) is 7. The molecule has 272 valence electrons. The minimum atomic E-state index is -4.92. The van der Waals surface area contributed by atoms with E-state index in [-0.39, 0.29) is 58.1 Å². The van der Waals surface area contributed by atoms with E-state index in [1.807, 2.05) is 0 Å². The Kier molecular flexibility index (Phi) is 12.9. The summed E-state index contributed by atoms with van der Waals surface area (Å²) < 4.78 is 74.2. The minimum absolute atomic E-state index is 0.0345. The number of carbonyl (C=O) groups excluding carboxylic acids is 2. The van der Waals surface area contributed by atoms with E-state index in [0.717, 1.165) is 11.0 Å². The molecule has 17 heteroatoms. The third kappa shape index (κ3) is 10.4. The summed E-state index contributed by atoms with van der Waals surface area (Å²) in [5.41, 5.74) is -2.71. The number of carbonyl (C=O) groups is 3.